The van der Waals surface area contributed by atoms with Gasteiger partial charge in [-0.15, -0.1) is 0 Å². The molecule has 1 fully saturated rings. The number of nitrogens with one attached hydrogen (secondary N) is 1. The molecule has 2 aliphatic rings. The number of nitrogens with zero attached hydrogens (tertiary/aromatic N) is 2. The molecule has 120 valence electrons. The highest BCUT2D eigenvalue weighted by atomic mass is 16.2. The van der Waals surface area contributed by atoms with Gasteiger partial charge in [-0.1, -0.05) is 31.2 Å². The van der Waals surface area contributed by atoms with Crippen LogP contribution in [-0.2, 0) is 17.8 Å². The Labute approximate surface area is 133 Å². The van der Waals surface area contributed by atoms with E-state index < -0.39 is 0 Å². The molecule has 0 aliphatic carbocycles. The second-order valence-corrected chi connectivity index (χ2v) is 6.70. The molecule has 4 nitrogen and oxygen atoms in total. The molecular formula is C18H27N3O. The zero-order valence-corrected chi connectivity index (χ0v) is 13.7. The number of hydrogen-bond acceptors (Lipinski definition) is 3. The summed E-state index contributed by atoms with van der Waals surface area (Å²) >= 11 is 0. The van der Waals surface area contributed by atoms with Crippen molar-refractivity contribution >= 4 is 5.91 Å². The Morgan fingerprint density at radius 2 is 2.14 bits per heavy atom. The molecule has 0 aromatic heterocycles. The molecule has 0 bridgehead atoms. The molecule has 2 atom stereocenters. The lowest BCUT2D eigenvalue weighted by Gasteiger charge is -2.29. The van der Waals surface area contributed by atoms with Crippen molar-refractivity contribution in [3.05, 3.63) is 35.4 Å². The highest BCUT2D eigenvalue weighted by Crippen LogP contribution is 2.21. The van der Waals surface area contributed by atoms with E-state index >= 15 is 0 Å². The maximum atomic E-state index is 12.8. The normalized spacial score (nSPS) is 24.6. The van der Waals surface area contributed by atoms with Crippen molar-refractivity contribution < 1.29 is 4.79 Å². The van der Waals surface area contributed by atoms with Gasteiger partial charge in [0.25, 0.3) is 0 Å². The molecule has 0 spiro atoms. The van der Waals surface area contributed by atoms with Gasteiger partial charge in [-0.25, -0.2) is 0 Å². The van der Waals surface area contributed by atoms with Crippen LogP contribution in [0.3, 0.4) is 0 Å². The minimum atomic E-state index is -0.0439. The predicted octanol–water partition coefficient (Wildman–Crippen LogP) is 1.50. The molecule has 1 saturated heterocycles. The molecule has 0 radical (unpaired) electrons. The van der Waals surface area contributed by atoms with Crippen LogP contribution in [0, 0.1) is 5.92 Å². The number of carbonyl (C=O) groups is 1. The van der Waals surface area contributed by atoms with E-state index in [-0.39, 0.29) is 11.9 Å². The van der Waals surface area contributed by atoms with Crippen LogP contribution >= 0.6 is 0 Å². The average molecular weight is 301 g/mol. The van der Waals surface area contributed by atoms with E-state index in [1.54, 1.807) is 0 Å². The minimum absolute atomic E-state index is 0.0439. The number of likely N-dealkylation sites (tertiary alicyclic amines) is 1. The van der Waals surface area contributed by atoms with Gasteiger partial charge in [-0.3, -0.25) is 4.79 Å². The standard InChI is InChI=1S/C18H27N3O/c1-3-20(2)12-14-8-9-21(13-14)18(22)17-10-15-6-4-5-7-16(15)11-19-17/h4-7,14,17,19H,3,8-13H2,1-2H3/t14-,17-/m1/s1. The Morgan fingerprint density at radius 1 is 1.36 bits per heavy atom. The maximum Gasteiger partial charge on any atom is 0.240 e. The van der Waals surface area contributed by atoms with Gasteiger partial charge in [0.1, 0.15) is 0 Å². The van der Waals surface area contributed by atoms with Gasteiger partial charge in [0.2, 0.25) is 5.91 Å². The van der Waals surface area contributed by atoms with Gasteiger partial charge >= 0.3 is 0 Å². The highest BCUT2D eigenvalue weighted by Gasteiger charge is 2.32. The van der Waals surface area contributed by atoms with E-state index in [1.807, 2.05) is 0 Å². The Hall–Kier alpha value is -1.39. The molecule has 0 saturated carbocycles. The largest absolute Gasteiger partial charge is 0.341 e. The van der Waals surface area contributed by atoms with Gasteiger partial charge in [-0.05, 0) is 43.5 Å². The first-order valence-corrected chi connectivity index (χ1v) is 8.45. The molecule has 22 heavy (non-hydrogen) atoms. The number of carbonyl (C=O) groups excluding carboxylic acids is 1. The van der Waals surface area contributed by atoms with Gasteiger partial charge in [0, 0.05) is 26.2 Å². The second kappa shape index (κ2) is 6.80. The molecule has 0 unspecified atom stereocenters. The fourth-order valence-corrected chi connectivity index (χ4v) is 3.60. The summed E-state index contributed by atoms with van der Waals surface area (Å²) in [4.78, 5) is 17.2. The van der Waals surface area contributed by atoms with Gasteiger partial charge in [0.15, 0.2) is 0 Å². The number of benzene rings is 1. The summed E-state index contributed by atoms with van der Waals surface area (Å²) in [6.45, 7) is 7.00. The monoisotopic (exact) mass is 301 g/mol. The number of hydrogen-bond donors (Lipinski definition) is 1. The average Bonchev–Trinajstić information content (AvgIpc) is 3.02. The van der Waals surface area contributed by atoms with E-state index in [9.17, 15) is 4.79 Å². The van der Waals surface area contributed by atoms with E-state index in [4.69, 9.17) is 0 Å². The molecular weight excluding hydrogens is 274 g/mol. The van der Waals surface area contributed by atoms with Crippen molar-refractivity contribution in [2.45, 2.75) is 32.4 Å². The smallest absolute Gasteiger partial charge is 0.240 e. The van der Waals surface area contributed by atoms with Crippen LogP contribution in [0.15, 0.2) is 24.3 Å². The number of amides is 1. The zero-order chi connectivity index (χ0) is 15.5. The quantitative estimate of drug-likeness (QED) is 0.915. The van der Waals surface area contributed by atoms with E-state index in [2.05, 4.69) is 53.4 Å². The number of rotatable bonds is 4. The number of fused-ring (bicyclic) bond motifs is 1. The van der Waals surface area contributed by atoms with Crippen LogP contribution in [-0.4, -0.2) is 55.0 Å². The van der Waals surface area contributed by atoms with Crippen LogP contribution in [0.5, 0.6) is 0 Å². The zero-order valence-electron chi connectivity index (χ0n) is 13.7. The maximum absolute atomic E-state index is 12.8. The first kappa shape index (κ1) is 15.5. The predicted molar refractivity (Wildman–Crippen MR) is 88.6 cm³/mol. The SMILES string of the molecule is CCN(C)C[C@H]1CCN(C(=O)[C@H]2Cc3ccccc3CN2)C1. The van der Waals surface area contributed by atoms with Crippen LogP contribution in [0.25, 0.3) is 0 Å². The first-order chi connectivity index (χ1) is 10.7. The summed E-state index contributed by atoms with van der Waals surface area (Å²) in [7, 11) is 2.16. The molecule has 1 aromatic rings. The first-order valence-electron chi connectivity index (χ1n) is 8.45. The lowest BCUT2D eigenvalue weighted by Crippen LogP contribution is -2.49. The Balaban J connectivity index is 1.57. The summed E-state index contributed by atoms with van der Waals surface area (Å²) < 4.78 is 0. The summed E-state index contributed by atoms with van der Waals surface area (Å²) in [5.41, 5.74) is 2.65. The van der Waals surface area contributed by atoms with Crippen LogP contribution < -0.4 is 5.32 Å². The summed E-state index contributed by atoms with van der Waals surface area (Å²) in [6.07, 6.45) is 1.96. The summed E-state index contributed by atoms with van der Waals surface area (Å²) in [5.74, 6) is 0.918. The van der Waals surface area contributed by atoms with Crippen molar-refractivity contribution in [3.63, 3.8) is 0 Å². The minimum Gasteiger partial charge on any atom is -0.341 e. The fourth-order valence-electron chi connectivity index (χ4n) is 3.60. The summed E-state index contributed by atoms with van der Waals surface area (Å²) in [5, 5.41) is 3.42. The van der Waals surface area contributed by atoms with Crippen molar-refractivity contribution in [1.29, 1.82) is 0 Å². The van der Waals surface area contributed by atoms with Gasteiger partial charge < -0.3 is 15.1 Å². The summed E-state index contributed by atoms with van der Waals surface area (Å²) in [6, 6.07) is 8.39. The van der Waals surface area contributed by atoms with Crippen molar-refractivity contribution in [3.8, 4) is 0 Å². The topological polar surface area (TPSA) is 35.6 Å². The molecule has 1 amide bonds. The molecule has 1 aromatic carbocycles. The third-order valence-corrected chi connectivity index (χ3v) is 5.09. The van der Waals surface area contributed by atoms with Crippen molar-refractivity contribution in [1.82, 2.24) is 15.1 Å². The Morgan fingerprint density at radius 3 is 2.91 bits per heavy atom. The van der Waals surface area contributed by atoms with Crippen molar-refractivity contribution in [2.75, 3.05) is 33.2 Å². The van der Waals surface area contributed by atoms with E-state index in [1.165, 1.54) is 11.1 Å². The van der Waals surface area contributed by atoms with Crippen LogP contribution in [0.4, 0.5) is 0 Å². The lowest BCUT2D eigenvalue weighted by atomic mass is 9.95. The highest BCUT2D eigenvalue weighted by molar-refractivity contribution is 5.82. The molecule has 2 heterocycles. The Bertz CT molecular complexity index is 531. The van der Waals surface area contributed by atoms with E-state index in [0.29, 0.717) is 5.92 Å². The third-order valence-electron chi connectivity index (χ3n) is 5.09. The van der Waals surface area contributed by atoms with Crippen LogP contribution in [0.1, 0.15) is 24.5 Å². The van der Waals surface area contributed by atoms with Crippen LogP contribution in [0.2, 0.25) is 0 Å². The van der Waals surface area contributed by atoms with Crippen molar-refractivity contribution in [2.24, 2.45) is 5.92 Å². The second-order valence-electron chi connectivity index (χ2n) is 6.70. The Kier molecular flexibility index (Phi) is 4.79. The molecule has 3 rings (SSSR count). The molecule has 4 heteroatoms. The fraction of sp³-hybridized carbons (Fsp3) is 0.611. The molecule has 2 aliphatic heterocycles. The third kappa shape index (κ3) is 3.33. The van der Waals surface area contributed by atoms with Gasteiger partial charge in [-0.2, -0.15) is 0 Å². The van der Waals surface area contributed by atoms with E-state index in [0.717, 1.165) is 45.6 Å². The molecule has 1 N–H and O–H groups in total. The lowest BCUT2D eigenvalue weighted by molar-refractivity contribution is -0.132. The van der Waals surface area contributed by atoms with Gasteiger partial charge in [0.05, 0.1) is 6.04 Å².